The van der Waals surface area contributed by atoms with Crippen LogP contribution in [0.5, 0.6) is 0 Å². The summed E-state index contributed by atoms with van der Waals surface area (Å²) in [6, 6.07) is 26.5. The van der Waals surface area contributed by atoms with Crippen LogP contribution in [0.2, 0.25) is 0 Å². The van der Waals surface area contributed by atoms with Gasteiger partial charge in [0.15, 0.2) is 0 Å². The van der Waals surface area contributed by atoms with Crippen molar-refractivity contribution in [2.75, 3.05) is 33.3 Å². The minimum atomic E-state index is -1.12. The quantitative estimate of drug-likeness (QED) is 0.370. The molecule has 1 saturated heterocycles. The summed E-state index contributed by atoms with van der Waals surface area (Å²) in [6.45, 7) is 2.50. The molecule has 3 aromatic carbocycles. The molecule has 1 aliphatic heterocycles. The number of fused-ring (bicyclic) bond motifs is 3. The van der Waals surface area contributed by atoms with Crippen molar-refractivity contribution in [3.05, 3.63) is 95.6 Å². The molecule has 0 unspecified atom stereocenters. The lowest BCUT2D eigenvalue weighted by atomic mass is 9.85. The number of carboxylic acid groups (broad SMARTS) is 1. The van der Waals surface area contributed by atoms with E-state index in [4.69, 9.17) is 9.84 Å². The molecule has 0 spiro atoms. The summed E-state index contributed by atoms with van der Waals surface area (Å²) in [6.07, 6.45) is 0.586. The molecule has 1 aliphatic carbocycles. The van der Waals surface area contributed by atoms with Crippen LogP contribution >= 0.6 is 0 Å². The average molecular weight is 556 g/mol. The molecule has 8 nitrogen and oxygen atoms in total. The number of likely N-dealkylation sites (N-methyl/N-ethyl adjacent to an activating group) is 1. The van der Waals surface area contributed by atoms with Gasteiger partial charge in [0.05, 0.1) is 0 Å². The van der Waals surface area contributed by atoms with E-state index in [1.807, 2.05) is 42.5 Å². The number of alkyl carbamates (subject to hydrolysis) is 1. The molecule has 0 saturated carbocycles. The highest BCUT2D eigenvalue weighted by molar-refractivity contribution is 5.90. The summed E-state index contributed by atoms with van der Waals surface area (Å²) in [5.74, 6) is -1.19. The molecule has 41 heavy (non-hydrogen) atoms. The number of aliphatic carboxylic acids is 1. The topological polar surface area (TPSA) is 99.2 Å². The number of nitrogens with zero attached hydrogens (tertiary/aromatic N) is 2. The Morgan fingerprint density at radius 1 is 0.927 bits per heavy atom. The maximum Gasteiger partial charge on any atom is 0.408 e. The molecule has 5 rings (SSSR count). The van der Waals surface area contributed by atoms with Crippen LogP contribution in [0.3, 0.4) is 0 Å². The van der Waals surface area contributed by atoms with Crippen LogP contribution in [0.15, 0.2) is 78.9 Å². The maximum atomic E-state index is 13.8. The number of benzene rings is 3. The first-order valence-electron chi connectivity index (χ1n) is 14.2. The fraction of sp³-hybridized carbons (Fsp3) is 0.364. The summed E-state index contributed by atoms with van der Waals surface area (Å²) < 4.78 is 5.82. The molecule has 2 amide bonds. The molecule has 8 heteroatoms. The highest BCUT2D eigenvalue weighted by atomic mass is 16.5. The Morgan fingerprint density at radius 2 is 1.51 bits per heavy atom. The summed E-state index contributed by atoms with van der Waals surface area (Å²) in [7, 11) is 1.67. The monoisotopic (exact) mass is 555 g/mol. The highest BCUT2D eigenvalue weighted by Crippen LogP contribution is 2.44. The van der Waals surface area contributed by atoms with E-state index >= 15 is 0 Å². The van der Waals surface area contributed by atoms with E-state index in [0.717, 1.165) is 28.8 Å². The number of rotatable bonds is 10. The Kier molecular flexibility index (Phi) is 8.69. The zero-order chi connectivity index (χ0) is 28.8. The van der Waals surface area contributed by atoms with Gasteiger partial charge in [0.2, 0.25) is 5.91 Å². The highest BCUT2D eigenvalue weighted by Gasteiger charge is 2.45. The van der Waals surface area contributed by atoms with E-state index in [1.165, 1.54) is 5.56 Å². The number of carbonyl (C=O) groups is 3. The van der Waals surface area contributed by atoms with Gasteiger partial charge in [-0.2, -0.15) is 0 Å². The van der Waals surface area contributed by atoms with Gasteiger partial charge < -0.3 is 20.1 Å². The van der Waals surface area contributed by atoms with E-state index in [0.29, 0.717) is 38.9 Å². The van der Waals surface area contributed by atoms with Gasteiger partial charge in [0.1, 0.15) is 12.1 Å². The first kappa shape index (κ1) is 28.4. The number of hydrogen-bond donors (Lipinski definition) is 2. The number of nitrogens with one attached hydrogen (secondary N) is 1. The van der Waals surface area contributed by atoms with Gasteiger partial charge in [-0.05, 0) is 47.1 Å². The third-order valence-electron chi connectivity index (χ3n) is 8.28. The van der Waals surface area contributed by atoms with Crippen molar-refractivity contribution in [1.29, 1.82) is 0 Å². The van der Waals surface area contributed by atoms with Gasteiger partial charge in [-0.25, -0.2) is 4.79 Å². The van der Waals surface area contributed by atoms with Crippen molar-refractivity contribution in [2.45, 2.75) is 43.7 Å². The van der Waals surface area contributed by atoms with Gasteiger partial charge in [-0.1, -0.05) is 78.9 Å². The lowest BCUT2D eigenvalue weighted by molar-refractivity contribution is -0.141. The second-order valence-corrected chi connectivity index (χ2v) is 11.0. The Hall–Kier alpha value is -4.17. The molecule has 3 aromatic rings. The Labute approximate surface area is 240 Å². The zero-order valence-corrected chi connectivity index (χ0v) is 23.4. The normalized spacial score (nSPS) is 15.9. The number of hydrogen-bond acceptors (Lipinski definition) is 5. The molecule has 0 radical (unpaired) electrons. The molecule has 0 bridgehead atoms. The summed E-state index contributed by atoms with van der Waals surface area (Å²) in [5, 5.41) is 12.0. The largest absolute Gasteiger partial charge is 0.481 e. The van der Waals surface area contributed by atoms with Gasteiger partial charge in [-0.3, -0.25) is 14.5 Å². The van der Waals surface area contributed by atoms with E-state index in [-0.39, 0.29) is 24.9 Å². The molecule has 1 fully saturated rings. The standard InChI is InChI=1S/C33H37N3O5/c1-35(19-9-16-30(37)38)31(39)33(17-20-36(21-18-33)22-24-10-3-2-4-11-24)34-32(40)41-23-29-27-14-7-5-12-25(27)26-13-6-8-15-28(26)29/h2-8,10-15,29H,9,16-23H2,1H3,(H,34,40)(H,37,38). The minimum absolute atomic E-state index is 0.0186. The lowest BCUT2D eigenvalue weighted by Gasteiger charge is -2.42. The number of ether oxygens (including phenoxy) is 1. The first-order chi connectivity index (χ1) is 19.9. The van der Waals surface area contributed by atoms with E-state index in [9.17, 15) is 14.4 Å². The van der Waals surface area contributed by atoms with Crippen molar-refractivity contribution in [3.8, 4) is 11.1 Å². The van der Waals surface area contributed by atoms with Crippen LogP contribution in [-0.2, 0) is 20.9 Å². The summed E-state index contributed by atoms with van der Waals surface area (Å²) >= 11 is 0. The van der Waals surface area contributed by atoms with E-state index < -0.39 is 17.6 Å². The molecule has 1 heterocycles. The lowest BCUT2D eigenvalue weighted by Crippen LogP contribution is -2.63. The Bertz CT molecular complexity index is 1340. The molecule has 0 atom stereocenters. The second kappa shape index (κ2) is 12.6. The van der Waals surface area contributed by atoms with Gasteiger partial charge in [0.25, 0.3) is 0 Å². The number of carboxylic acids is 1. The third kappa shape index (κ3) is 6.43. The molecule has 2 N–H and O–H groups in total. The van der Waals surface area contributed by atoms with Gasteiger partial charge >= 0.3 is 12.1 Å². The minimum Gasteiger partial charge on any atom is -0.481 e. The Morgan fingerprint density at radius 3 is 2.12 bits per heavy atom. The predicted octanol–water partition coefficient (Wildman–Crippen LogP) is 4.88. The summed E-state index contributed by atoms with van der Waals surface area (Å²) in [4.78, 5) is 41.9. The van der Waals surface area contributed by atoms with Crippen molar-refractivity contribution in [3.63, 3.8) is 0 Å². The molecular weight excluding hydrogens is 518 g/mol. The fourth-order valence-corrected chi connectivity index (χ4v) is 6.09. The first-order valence-corrected chi connectivity index (χ1v) is 14.2. The van der Waals surface area contributed by atoms with Crippen molar-refractivity contribution < 1.29 is 24.2 Å². The van der Waals surface area contributed by atoms with E-state index in [1.54, 1.807) is 11.9 Å². The fourth-order valence-electron chi connectivity index (χ4n) is 6.09. The Balaban J connectivity index is 1.27. The molecule has 214 valence electrons. The van der Waals surface area contributed by atoms with Crippen molar-refractivity contribution in [2.24, 2.45) is 0 Å². The van der Waals surface area contributed by atoms with Crippen LogP contribution in [-0.4, -0.2) is 71.7 Å². The summed E-state index contributed by atoms with van der Waals surface area (Å²) in [5.41, 5.74) is 4.63. The van der Waals surface area contributed by atoms with Crippen LogP contribution in [0.25, 0.3) is 11.1 Å². The van der Waals surface area contributed by atoms with Gasteiger partial charge in [0, 0.05) is 45.6 Å². The maximum absolute atomic E-state index is 13.8. The number of piperidine rings is 1. The van der Waals surface area contributed by atoms with Gasteiger partial charge in [-0.15, -0.1) is 0 Å². The predicted molar refractivity (Wildman–Crippen MR) is 156 cm³/mol. The van der Waals surface area contributed by atoms with Crippen molar-refractivity contribution in [1.82, 2.24) is 15.1 Å². The SMILES string of the molecule is CN(CCCC(=O)O)C(=O)C1(NC(=O)OCC2c3ccccc3-c3ccccc32)CCN(Cc2ccccc2)CC1. The average Bonchev–Trinajstić information content (AvgIpc) is 3.30. The van der Waals surface area contributed by atoms with E-state index in [2.05, 4.69) is 46.6 Å². The molecule has 2 aliphatic rings. The number of amides is 2. The van der Waals surface area contributed by atoms with Crippen LogP contribution in [0, 0.1) is 0 Å². The number of carbonyl (C=O) groups excluding carboxylic acids is 2. The smallest absolute Gasteiger partial charge is 0.408 e. The number of likely N-dealkylation sites (tertiary alicyclic amines) is 1. The van der Waals surface area contributed by atoms with Crippen LogP contribution in [0.4, 0.5) is 4.79 Å². The van der Waals surface area contributed by atoms with Crippen LogP contribution in [0.1, 0.15) is 48.3 Å². The zero-order valence-electron chi connectivity index (χ0n) is 23.4. The third-order valence-corrected chi connectivity index (χ3v) is 8.28. The molecule has 0 aromatic heterocycles. The van der Waals surface area contributed by atoms with Crippen molar-refractivity contribution >= 4 is 18.0 Å². The van der Waals surface area contributed by atoms with Crippen LogP contribution < -0.4 is 5.32 Å². The molecular formula is C33H37N3O5. The second-order valence-electron chi connectivity index (χ2n) is 11.0.